The van der Waals surface area contributed by atoms with Crippen molar-refractivity contribution < 1.29 is 28.2 Å². The maximum atomic E-state index is 10.1. The quantitative estimate of drug-likeness (QED) is 0.503. The number of rotatable bonds is 1. The summed E-state index contributed by atoms with van der Waals surface area (Å²) in [6.45, 7) is -1.75. The van der Waals surface area contributed by atoms with Crippen LogP contribution < -0.4 is 0 Å². The van der Waals surface area contributed by atoms with E-state index in [0.717, 1.165) is 0 Å². The number of alkyl halides is 2. The fourth-order valence-electron chi connectivity index (χ4n) is 0. The zero-order chi connectivity index (χ0) is 6.99. The van der Waals surface area contributed by atoms with Gasteiger partial charge in [-0.05, 0) is 0 Å². The minimum atomic E-state index is -2.28. The van der Waals surface area contributed by atoms with Crippen LogP contribution in [0.4, 0.5) is 13.3 Å². The molecule has 0 radical (unpaired) electrons. The van der Waals surface area contributed by atoms with Crippen molar-refractivity contribution in [2.45, 2.75) is 0 Å². The zero-order valence-corrected chi connectivity index (χ0v) is 3.72. The third-order valence-corrected chi connectivity index (χ3v) is 0.0797. The van der Waals surface area contributed by atoms with Crippen LogP contribution in [0.5, 0.6) is 0 Å². The summed E-state index contributed by atoms with van der Waals surface area (Å²) in [4.78, 5) is 2.36. The van der Waals surface area contributed by atoms with Crippen LogP contribution >= 0.6 is 0 Å². The molecular formula is CH5BF3KO3. The van der Waals surface area contributed by atoms with Crippen LogP contribution in [-0.2, 0) is 4.86 Å². The predicted molar refractivity (Wildman–Crippen MR) is 26.6 cm³/mol. The van der Waals surface area contributed by atoms with Crippen LogP contribution in [0.15, 0.2) is 0 Å². The van der Waals surface area contributed by atoms with Crippen molar-refractivity contribution in [3.63, 3.8) is 0 Å². The molecule has 0 saturated heterocycles. The monoisotopic (exact) mass is 172 g/mol. The molecule has 0 aromatic rings. The van der Waals surface area contributed by atoms with Gasteiger partial charge in [-0.1, -0.05) is 4.53 Å². The Hall–Kier alpha value is 1.37. The van der Waals surface area contributed by atoms with Gasteiger partial charge in [0.25, 0.3) is 0 Å². The van der Waals surface area contributed by atoms with Gasteiger partial charge in [-0.2, -0.15) is 4.86 Å². The average Bonchev–Trinajstić information content (AvgIpc) is 1.69. The second kappa shape index (κ2) is 16.2. The van der Waals surface area contributed by atoms with Gasteiger partial charge in [0.2, 0.25) is 6.93 Å². The van der Waals surface area contributed by atoms with Gasteiger partial charge in [-0.3, -0.25) is 0 Å². The summed E-state index contributed by atoms with van der Waals surface area (Å²) in [5, 5.41) is 14.6. The van der Waals surface area contributed by atoms with Crippen molar-refractivity contribution in [1.82, 2.24) is 0 Å². The summed E-state index contributed by atoms with van der Waals surface area (Å²) in [6, 6.07) is 0. The Morgan fingerprint density at radius 3 is 1.44 bits per heavy atom. The first-order valence-electron chi connectivity index (χ1n) is 1.44. The van der Waals surface area contributed by atoms with E-state index in [4.69, 9.17) is 10.0 Å². The molecule has 0 aliphatic heterocycles. The molecule has 2 N–H and O–H groups in total. The van der Waals surface area contributed by atoms with Gasteiger partial charge in [-0.25, -0.2) is 8.78 Å². The molecule has 0 spiro atoms. The van der Waals surface area contributed by atoms with Gasteiger partial charge in [-0.15, -0.1) is 0 Å². The second-order valence-electron chi connectivity index (χ2n) is 0.516. The molecule has 0 aromatic heterocycles. The van der Waals surface area contributed by atoms with Gasteiger partial charge in [0.05, 0.1) is 0 Å². The molecule has 0 bridgehead atoms. The fraction of sp³-hybridized carbons (Fsp3) is 1.00. The van der Waals surface area contributed by atoms with Crippen molar-refractivity contribution in [3.05, 3.63) is 0 Å². The standard InChI is InChI=1S/CH2F2.BFH2O3.K.H/c2-1-3;2-5-1(3)4;;/h1H2;3-4H;;. The summed E-state index contributed by atoms with van der Waals surface area (Å²) in [7, 11) is -2.28. The molecule has 8 heteroatoms. The number of hydrogen-bond acceptors (Lipinski definition) is 3. The van der Waals surface area contributed by atoms with Crippen LogP contribution in [0, 0.1) is 0 Å². The van der Waals surface area contributed by atoms with Crippen molar-refractivity contribution >= 4 is 58.7 Å². The normalized spacial score (nSPS) is 6.33. The van der Waals surface area contributed by atoms with Crippen LogP contribution in [0.2, 0.25) is 0 Å². The molecule has 0 aromatic carbocycles. The van der Waals surface area contributed by atoms with Gasteiger partial charge in [0.15, 0.2) is 0 Å². The third kappa shape index (κ3) is 44.8. The Bertz CT molecular complexity index is 40.2. The topological polar surface area (TPSA) is 49.7 Å². The van der Waals surface area contributed by atoms with Crippen LogP contribution in [0.3, 0.4) is 0 Å². The van der Waals surface area contributed by atoms with E-state index in [2.05, 4.69) is 4.86 Å². The van der Waals surface area contributed by atoms with E-state index in [1.165, 1.54) is 0 Å². The van der Waals surface area contributed by atoms with Crippen LogP contribution in [0.1, 0.15) is 0 Å². The van der Waals surface area contributed by atoms with Gasteiger partial charge < -0.3 is 10.0 Å². The average molecular weight is 172 g/mol. The maximum absolute atomic E-state index is 10.1. The van der Waals surface area contributed by atoms with Gasteiger partial charge in [0, 0.05) is 0 Å². The van der Waals surface area contributed by atoms with E-state index in [-0.39, 0.29) is 51.4 Å². The molecule has 3 nitrogen and oxygen atoms in total. The molecule has 0 rings (SSSR count). The Kier molecular flexibility index (Phi) is 30.1. The first-order valence-corrected chi connectivity index (χ1v) is 1.44. The van der Waals surface area contributed by atoms with Gasteiger partial charge in [0.1, 0.15) is 0 Å². The summed E-state index contributed by atoms with van der Waals surface area (Å²) < 4.78 is 29.4. The Morgan fingerprint density at radius 2 is 1.44 bits per heavy atom. The van der Waals surface area contributed by atoms with E-state index >= 15 is 0 Å². The molecule has 0 saturated carbocycles. The molecule has 0 aliphatic rings. The van der Waals surface area contributed by atoms with E-state index in [0.29, 0.717) is 0 Å². The van der Waals surface area contributed by atoms with E-state index in [1.54, 1.807) is 0 Å². The molecule has 0 aliphatic carbocycles. The molecule has 0 amide bonds. The number of halogens is 3. The Balaban J connectivity index is -0.0000000800. The molecule has 0 heterocycles. The molecule has 9 heavy (non-hydrogen) atoms. The fourth-order valence-corrected chi connectivity index (χ4v) is 0. The van der Waals surface area contributed by atoms with E-state index in [1.807, 2.05) is 0 Å². The molecular weight excluding hydrogens is 167 g/mol. The van der Waals surface area contributed by atoms with Crippen molar-refractivity contribution in [3.8, 4) is 0 Å². The molecule has 0 unspecified atom stereocenters. The number of hydrogen-bond donors (Lipinski definition) is 2. The SMILES string of the molecule is FCF.OB(O)OF.[KH]. The van der Waals surface area contributed by atoms with E-state index in [9.17, 15) is 13.3 Å². The predicted octanol–water partition coefficient (Wildman–Crippen LogP) is -0.909. The molecule has 0 atom stereocenters. The Labute approximate surface area is 92.7 Å². The van der Waals surface area contributed by atoms with Crippen molar-refractivity contribution in [1.29, 1.82) is 0 Å². The summed E-state index contributed by atoms with van der Waals surface area (Å²) in [5.41, 5.74) is 0. The van der Waals surface area contributed by atoms with Crippen molar-refractivity contribution in [2.75, 3.05) is 6.93 Å². The summed E-state index contributed by atoms with van der Waals surface area (Å²) >= 11 is 0. The minimum absolute atomic E-state index is 0. The first-order chi connectivity index (χ1) is 3.68. The first kappa shape index (κ1) is 16.8. The summed E-state index contributed by atoms with van der Waals surface area (Å²) in [6.07, 6.45) is 0. The van der Waals surface area contributed by atoms with Crippen LogP contribution in [0.25, 0.3) is 0 Å². The van der Waals surface area contributed by atoms with Gasteiger partial charge >= 0.3 is 58.7 Å². The molecule has 52 valence electrons. The molecule has 0 fully saturated rings. The van der Waals surface area contributed by atoms with Crippen molar-refractivity contribution in [2.24, 2.45) is 0 Å². The van der Waals surface area contributed by atoms with E-state index < -0.39 is 14.2 Å². The Morgan fingerprint density at radius 1 is 1.33 bits per heavy atom. The third-order valence-electron chi connectivity index (χ3n) is 0.0797. The van der Waals surface area contributed by atoms with Crippen LogP contribution in [-0.4, -0.2) is 75.7 Å². The second-order valence-corrected chi connectivity index (χ2v) is 0.516. The zero-order valence-electron chi connectivity index (χ0n) is 3.72. The summed E-state index contributed by atoms with van der Waals surface area (Å²) in [5.74, 6) is 0.